The van der Waals surface area contributed by atoms with Crippen LogP contribution in [-0.2, 0) is 0 Å². The number of unbranched alkanes of at least 4 members (excludes halogenated alkanes) is 1. The molecule has 0 aliphatic carbocycles. The predicted octanol–water partition coefficient (Wildman–Crippen LogP) is 4.82. The summed E-state index contributed by atoms with van der Waals surface area (Å²) in [5.41, 5.74) is 1.12. The first-order chi connectivity index (χ1) is 10.6. The van der Waals surface area contributed by atoms with Crippen molar-refractivity contribution in [1.82, 2.24) is 0 Å². The highest BCUT2D eigenvalue weighted by Gasteiger charge is 2.15. The molecule has 22 heavy (non-hydrogen) atoms. The van der Waals surface area contributed by atoms with Crippen molar-refractivity contribution in [3.63, 3.8) is 0 Å². The third-order valence-corrected chi connectivity index (χ3v) is 4.60. The molecular formula is C16H14ClNO3S. The Labute approximate surface area is 137 Å². The second-order valence-corrected chi connectivity index (χ2v) is 6.08. The van der Waals surface area contributed by atoms with E-state index < -0.39 is 5.97 Å². The number of aromatic carboxylic acids is 1. The molecule has 6 heteroatoms. The smallest absolute Gasteiger partial charge is 0.345 e. The number of hydrogen-bond donors (Lipinski definition) is 1. The lowest BCUT2D eigenvalue weighted by Gasteiger charge is -2.08. The van der Waals surface area contributed by atoms with Gasteiger partial charge in [-0.25, -0.2) is 4.79 Å². The Morgan fingerprint density at radius 1 is 1.45 bits per heavy atom. The minimum atomic E-state index is -1.02. The molecule has 0 fully saturated rings. The minimum Gasteiger partial charge on any atom is -0.492 e. The Hall–Kier alpha value is -2.03. The Morgan fingerprint density at radius 2 is 2.23 bits per heavy atom. The lowest BCUT2D eigenvalue weighted by Crippen LogP contribution is -1.98. The van der Waals surface area contributed by atoms with Crippen molar-refractivity contribution in [3.8, 4) is 22.3 Å². The van der Waals surface area contributed by atoms with Crippen LogP contribution in [0.15, 0.2) is 24.3 Å². The van der Waals surface area contributed by atoms with Gasteiger partial charge < -0.3 is 9.84 Å². The highest BCUT2D eigenvalue weighted by Crippen LogP contribution is 2.38. The summed E-state index contributed by atoms with van der Waals surface area (Å²) in [6, 6.07) is 8.70. The molecule has 1 aromatic heterocycles. The van der Waals surface area contributed by atoms with Gasteiger partial charge in [0.1, 0.15) is 16.7 Å². The van der Waals surface area contributed by atoms with Gasteiger partial charge in [-0.3, -0.25) is 0 Å². The van der Waals surface area contributed by atoms with E-state index in [4.69, 9.17) is 21.4 Å². The first kappa shape index (κ1) is 16.3. The average Bonchev–Trinajstić information content (AvgIpc) is 2.90. The largest absolute Gasteiger partial charge is 0.492 e. The molecule has 4 nitrogen and oxygen atoms in total. The number of benzene rings is 1. The van der Waals surface area contributed by atoms with E-state index in [1.807, 2.05) is 0 Å². The molecule has 2 aromatic rings. The first-order valence-electron chi connectivity index (χ1n) is 6.76. The van der Waals surface area contributed by atoms with Crippen LogP contribution in [0.3, 0.4) is 0 Å². The van der Waals surface area contributed by atoms with Crippen LogP contribution in [0.4, 0.5) is 0 Å². The quantitative estimate of drug-likeness (QED) is 0.768. The predicted molar refractivity (Wildman–Crippen MR) is 86.8 cm³/mol. The number of ether oxygens (including phenoxy) is 1. The van der Waals surface area contributed by atoms with E-state index in [9.17, 15) is 10.1 Å². The van der Waals surface area contributed by atoms with Gasteiger partial charge in [0.2, 0.25) is 0 Å². The summed E-state index contributed by atoms with van der Waals surface area (Å²) in [5.74, 6) is -0.482. The third-order valence-electron chi connectivity index (χ3n) is 3.02. The second-order valence-electron chi connectivity index (χ2n) is 4.62. The molecule has 1 N–H and O–H groups in total. The van der Waals surface area contributed by atoms with Gasteiger partial charge in [-0.2, -0.15) is 5.26 Å². The topological polar surface area (TPSA) is 70.3 Å². The van der Waals surface area contributed by atoms with Gasteiger partial charge in [0.15, 0.2) is 0 Å². The van der Waals surface area contributed by atoms with Crippen LogP contribution in [0.1, 0.15) is 35.0 Å². The van der Waals surface area contributed by atoms with Crippen LogP contribution in [-0.4, -0.2) is 17.7 Å². The zero-order valence-electron chi connectivity index (χ0n) is 11.9. The number of halogens is 1. The fraction of sp³-hybridized carbons (Fsp3) is 0.250. The minimum absolute atomic E-state index is 0.168. The highest BCUT2D eigenvalue weighted by atomic mass is 35.5. The van der Waals surface area contributed by atoms with Gasteiger partial charge in [0, 0.05) is 0 Å². The highest BCUT2D eigenvalue weighted by molar-refractivity contribution is 7.18. The summed E-state index contributed by atoms with van der Waals surface area (Å²) in [7, 11) is 0. The van der Waals surface area contributed by atoms with Crippen molar-refractivity contribution in [2.24, 2.45) is 0 Å². The molecule has 0 atom stereocenters. The number of hydrogen-bond acceptors (Lipinski definition) is 4. The van der Waals surface area contributed by atoms with Crippen LogP contribution in [0.25, 0.3) is 10.4 Å². The fourth-order valence-electron chi connectivity index (χ4n) is 1.88. The molecule has 0 aliphatic heterocycles. The maximum absolute atomic E-state index is 11.0. The molecular weight excluding hydrogens is 322 g/mol. The van der Waals surface area contributed by atoms with Gasteiger partial charge >= 0.3 is 5.97 Å². The number of carboxylic acid groups (broad SMARTS) is 1. The molecule has 0 saturated heterocycles. The lowest BCUT2D eigenvalue weighted by molar-refractivity contribution is 0.0702. The average molecular weight is 336 g/mol. The molecule has 0 saturated carbocycles. The Morgan fingerprint density at radius 3 is 2.82 bits per heavy atom. The van der Waals surface area contributed by atoms with E-state index in [2.05, 4.69) is 13.0 Å². The normalized spacial score (nSPS) is 10.2. The maximum atomic E-state index is 11.0. The summed E-state index contributed by atoms with van der Waals surface area (Å²) in [5, 5.41) is 18.6. The van der Waals surface area contributed by atoms with Gasteiger partial charge in [0.05, 0.1) is 22.1 Å². The number of rotatable bonds is 6. The van der Waals surface area contributed by atoms with Gasteiger partial charge in [-0.15, -0.1) is 11.3 Å². The van der Waals surface area contributed by atoms with Crippen molar-refractivity contribution < 1.29 is 14.6 Å². The monoisotopic (exact) mass is 335 g/mol. The Kier molecular flexibility index (Phi) is 5.42. The molecule has 114 valence electrons. The Bertz CT molecular complexity index is 733. The lowest BCUT2D eigenvalue weighted by atomic mass is 10.1. The zero-order valence-corrected chi connectivity index (χ0v) is 13.5. The van der Waals surface area contributed by atoms with E-state index in [-0.39, 0.29) is 4.88 Å². The maximum Gasteiger partial charge on any atom is 0.345 e. The molecule has 0 radical (unpaired) electrons. The van der Waals surface area contributed by atoms with Crippen LogP contribution < -0.4 is 4.74 Å². The van der Waals surface area contributed by atoms with Gasteiger partial charge in [-0.1, -0.05) is 24.9 Å². The second kappa shape index (κ2) is 7.30. The number of nitriles is 1. The molecule has 0 amide bonds. The van der Waals surface area contributed by atoms with E-state index in [1.165, 1.54) is 6.07 Å². The number of carboxylic acids is 1. The molecule has 2 rings (SSSR count). The molecule has 0 spiro atoms. The summed E-state index contributed by atoms with van der Waals surface area (Å²) in [6.07, 6.45) is 1.94. The van der Waals surface area contributed by atoms with E-state index >= 15 is 0 Å². The number of thiophene rings is 1. The molecule has 1 heterocycles. The van der Waals surface area contributed by atoms with Gasteiger partial charge in [-0.05, 0) is 36.2 Å². The SMILES string of the molecule is CCCCOc1ccc(-c2sc(C(=O)O)cc2Cl)cc1C#N. The van der Waals surface area contributed by atoms with Crippen LogP contribution >= 0.6 is 22.9 Å². The van der Waals surface area contributed by atoms with Crippen molar-refractivity contribution in [3.05, 3.63) is 39.7 Å². The van der Waals surface area contributed by atoms with E-state index in [1.54, 1.807) is 18.2 Å². The number of nitrogens with zero attached hydrogens (tertiary/aromatic N) is 1. The van der Waals surface area contributed by atoms with Gasteiger partial charge in [0.25, 0.3) is 0 Å². The number of carbonyl (C=O) groups is 1. The summed E-state index contributed by atoms with van der Waals surface area (Å²) in [4.78, 5) is 11.8. The summed E-state index contributed by atoms with van der Waals surface area (Å²) < 4.78 is 5.59. The van der Waals surface area contributed by atoms with E-state index in [0.717, 1.165) is 24.2 Å². The molecule has 0 unspecified atom stereocenters. The Balaban J connectivity index is 2.33. The van der Waals surface area contributed by atoms with Crippen LogP contribution in [0.2, 0.25) is 5.02 Å². The van der Waals surface area contributed by atoms with Crippen LogP contribution in [0, 0.1) is 11.3 Å². The van der Waals surface area contributed by atoms with Crippen molar-refractivity contribution in [2.45, 2.75) is 19.8 Å². The zero-order chi connectivity index (χ0) is 16.1. The van der Waals surface area contributed by atoms with Crippen molar-refractivity contribution >= 4 is 28.9 Å². The first-order valence-corrected chi connectivity index (χ1v) is 7.96. The molecule has 0 aliphatic rings. The summed E-state index contributed by atoms with van der Waals surface area (Å²) >= 11 is 7.18. The van der Waals surface area contributed by atoms with Crippen LogP contribution in [0.5, 0.6) is 5.75 Å². The fourth-order valence-corrected chi connectivity index (χ4v) is 3.17. The van der Waals surface area contributed by atoms with Crippen molar-refractivity contribution in [2.75, 3.05) is 6.61 Å². The molecule has 0 bridgehead atoms. The third kappa shape index (κ3) is 3.59. The summed E-state index contributed by atoms with van der Waals surface area (Å²) in [6.45, 7) is 2.63. The van der Waals surface area contributed by atoms with Crippen molar-refractivity contribution in [1.29, 1.82) is 5.26 Å². The van der Waals surface area contributed by atoms with E-state index in [0.29, 0.717) is 33.4 Å². The molecule has 1 aromatic carbocycles. The standard InChI is InChI=1S/C16H14ClNO3S/c1-2-3-6-21-13-5-4-10(7-11(13)9-18)15-12(17)8-14(22-15)16(19)20/h4-5,7-8H,2-3,6H2,1H3,(H,19,20).